The van der Waals surface area contributed by atoms with Gasteiger partial charge in [0.15, 0.2) is 0 Å². The summed E-state index contributed by atoms with van der Waals surface area (Å²) in [5.41, 5.74) is 3.68. The van der Waals surface area contributed by atoms with Crippen LogP contribution in [0.2, 0.25) is 0 Å². The summed E-state index contributed by atoms with van der Waals surface area (Å²) in [6.07, 6.45) is 0. The molecule has 2 aromatic rings. The highest BCUT2D eigenvalue weighted by Gasteiger charge is 1.99. The lowest BCUT2D eigenvalue weighted by molar-refractivity contribution is 0.282. The van der Waals surface area contributed by atoms with Crippen LogP contribution in [-0.4, -0.2) is 15.3 Å². The van der Waals surface area contributed by atoms with Crippen molar-refractivity contribution in [2.75, 3.05) is 0 Å². The fourth-order valence-corrected chi connectivity index (χ4v) is 1.33. The number of benzene rings is 1. The lowest BCUT2D eigenvalue weighted by atomic mass is 10.1. The molecule has 0 saturated heterocycles. The Morgan fingerprint density at radius 2 is 1.73 bits per heavy atom. The Kier molecular flexibility index (Phi) is 2.74. The van der Waals surface area contributed by atoms with Crippen molar-refractivity contribution in [3.63, 3.8) is 0 Å². The lowest BCUT2D eigenvalue weighted by Gasteiger charge is -2.01. The molecule has 0 saturated carbocycles. The molecule has 0 unspecified atom stereocenters. The number of aromatic nitrogens is 2. The van der Waals surface area contributed by atoms with Crippen LogP contribution in [0.1, 0.15) is 11.3 Å². The molecule has 1 N–H and O–H groups in total. The molecular weight excluding hydrogens is 188 g/mol. The summed E-state index contributed by atoms with van der Waals surface area (Å²) in [5, 5.41) is 17.0. The first-order valence-electron chi connectivity index (χ1n) is 4.80. The average molecular weight is 200 g/mol. The van der Waals surface area contributed by atoms with Crippen molar-refractivity contribution in [2.45, 2.75) is 13.5 Å². The zero-order valence-corrected chi connectivity index (χ0v) is 8.51. The molecule has 0 atom stereocenters. The smallest absolute Gasteiger partial charge is 0.0929 e. The predicted molar refractivity (Wildman–Crippen MR) is 58.1 cm³/mol. The van der Waals surface area contributed by atoms with E-state index in [4.69, 9.17) is 5.11 Å². The normalized spacial score (nSPS) is 10.3. The van der Waals surface area contributed by atoms with E-state index in [1.165, 1.54) is 0 Å². The Hall–Kier alpha value is -1.74. The Morgan fingerprint density at radius 3 is 2.27 bits per heavy atom. The summed E-state index contributed by atoms with van der Waals surface area (Å²) in [7, 11) is 0. The summed E-state index contributed by atoms with van der Waals surface area (Å²) in [6.45, 7) is 1.98. The highest BCUT2D eigenvalue weighted by atomic mass is 16.3. The van der Waals surface area contributed by atoms with E-state index in [-0.39, 0.29) is 6.61 Å². The minimum atomic E-state index is 0.0693. The molecule has 1 aromatic heterocycles. The van der Waals surface area contributed by atoms with Gasteiger partial charge in [0.25, 0.3) is 0 Å². The van der Waals surface area contributed by atoms with E-state index in [1.807, 2.05) is 43.3 Å². The van der Waals surface area contributed by atoms with Crippen molar-refractivity contribution >= 4 is 0 Å². The van der Waals surface area contributed by atoms with Gasteiger partial charge in [-0.1, -0.05) is 24.3 Å². The minimum absolute atomic E-state index is 0.0693. The summed E-state index contributed by atoms with van der Waals surface area (Å²) in [6, 6.07) is 11.5. The molecule has 0 spiro atoms. The van der Waals surface area contributed by atoms with Gasteiger partial charge in [0.05, 0.1) is 18.0 Å². The molecule has 3 heteroatoms. The van der Waals surface area contributed by atoms with Gasteiger partial charge in [0.1, 0.15) is 0 Å². The molecule has 0 aliphatic carbocycles. The average Bonchev–Trinajstić information content (AvgIpc) is 2.30. The second-order valence-electron chi connectivity index (χ2n) is 3.41. The number of nitrogens with zero attached hydrogens (tertiary/aromatic N) is 2. The molecule has 2 rings (SSSR count). The van der Waals surface area contributed by atoms with Gasteiger partial charge < -0.3 is 5.11 Å². The number of hydrogen-bond acceptors (Lipinski definition) is 3. The van der Waals surface area contributed by atoms with E-state index in [0.717, 1.165) is 22.5 Å². The molecule has 0 amide bonds. The highest BCUT2D eigenvalue weighted by Crippen LogP contribution is 2.16. The molecule has 0 fully saturated rings. The fraction of sp³-hybridized carbons (Fsp3) is 0.167. The summed E-state index contributed by atoms with van der Waals surface area (Å²) < 4.78 is 0. The van der Waals surface area contributed by atoms with Crippen LogP contribution in [0.25, 0.3) is 11.3 Å². The first-order valence-corrected chi connectivity index (χ1v) is 4.80. The van der Waals surface area contributed by atoms with E-state index < -0.39 is 0 Å². The maximum Gasteiger partial charge on any atom is 0.0929 e. The van der Waals surface area contributed by atoms with Gasteiger partial charge in [0.2, 0.25) is 0 Å². The van der Waals surface area contributed by atoms with Crippen LogP contribution in [0.4, 0.5) is 0 Å². The van der Waals surface area contributed by atoms with Crippen LogP contribution >= 0.6 is 0 Å². The van der Waals surface area contributed by atoms with E-state index in [9.17, 15) is 0 Å². The molecular formula is C12H12N2O. The van der Waals surface area contributed by atoms with Crippen molar-refractivity contribution in [1.82, 2.24) is 10.2 Å². The summed E-state index contributed by atoms with van der Waals surface area (Å²) in [4.78, 5) is 0. The molecule has 1 heterocycles. The largest absolute Gasteiger partial charge is 0.392 e. The number of rotatable bonds is 2. The van der Waals surface area contributed by atoms with Gasteiger partial charge in [0, 0.05) is 5.56 Å². The van der Waals surface area contributed by atoms with Crippen molar-refractivity contribution in [3.05, 3.63) is 47.7 Å². The van der Waals surface area contributed by atoms with Crippen LogP contribution in [-0.2, 0) is 6.61 Å². The molecule has 0 aliphatic rings. The van der Waals surface area contributed by atoms with Crippen molar-refractivity contribution in [2.24, 2.45) is 0 Å². The third kappa shape index (κ3) is 2.19. The van der Waals surface area contributed by atoms with Gasteiger partial charge in [-0.3, -0.25) is 0 Å². The van der Waals surface area contributed by atoms with Crippen molar-refractivity contribution in [1.29, 1.82) is 0 Å². The van der Waals surface area contributed by atoms with Gasteiger partial charge >= 0.3 is 0 Å². The van der Waals surface area contributed by atoms with E-state index in [0.29, 0.717) is 0 Å². The van der Waals surface area contributed by atoms with E-state index in [1.54, 1.807) is 0 Å². The summed E-state index contributed by atoms with van der Waals surface area (Å²) in [5.74, 6) is 0. The molecule has 15 heavy (non-hydrogen) atoms. The maximum atomic E-state index is 8.91. The molecule has 3 nitrogen and oxygen atoms in total. The van der Waals surface area contributed by atoms with Crippen LogP contribution in [0.15, 0.2) is 36.4 Å². The monoisotopic (exact) mass is 200 g/mol. The first-order chi connectivity index (χ1) is 7.29. The van der Waals surface area contributed by atoms with Gasteiger partial charge in [-0.15, -0.1) is 0 Å². The molecule has 0 bridgehead atoms. The Bertz CT molecular complexity index is 434. The van der Waals surface area contributed by atoms with Crippen molar-refractivity contribution in [3.8, 4) is 11.3 Å². The number of aliphatic hydroxyl groups is 1. The Balaban J connectivity index is 2.33. The van der Waals surface area contributed by atoms with Crippen LogP contribution < -0.4 is 0 Å². The lowest BCUT2D eigenvalue weighted by Crippen LogP contribution is -1.90. The Labute approximate surface area is 88.4 Å². The van der Waals surface area contributed by atoms with Gasteiger partial charge in [-0.05, 0) is 24.6 Å². The SMILES string of the molecule is Cc1ccc(-c2ccc(CO)cc2)nn1. The summed E-state index contributed by atoms with van der Waals surface area (Å²) >= 11 is 0. The quantitative estimate of drug-likeness (QED) is 0.805. The zero-order chi connectivity index (χ0) is 10.7. The number of aliphatic hydroxyl groups excluding tert-OH is 1. The Morgan fingerprint density at radius 1 is 1.00 bits per heavy atom. The van der Waals surface area contributed by atoms with Crippen LogP contribution in [0.3, 0.4) is 0 Å². The maximum absolute atomic E-state index is 8.91. The first kappa shape index (κ1) is 9.80. The third-order valence-electron chi connectivity index (χ3n) is 2.23. The predicted octanol–water partition coefficient (Wildman–Crippen LogP) is 1.94. The van der Waals surface area contributed by atoms with Crippen LogP contribution in [0.5, 0.6) is 0 Å². The second kappa shape index (κ2) is 4.19. The standard InChI is InChI=1S/C12H12N2O/c1-9-2-7-12(14-13-9)11-5-3-10(8-15)4-6-11/h2-7,15H,8H2,1H3. The number of aryl methyl sites for hydroxylation is 1. The van der Waals surface area contributed by atoms with E-state index >= 15 is 0 Å². The second-order valence-corrected chi connectivity index (χ2v) is 3.41. The van der Waals surface area contributed by atoms with Crippen LogP contribution in [0, 0.1) is 6.92 Å². The minimum Gasteiger partial charge on any atom is -0.392 e. The molecule has 0 aliphatic heterocycles. The molecule has 1 aromatic carbocycles. The highest BCUT2D eigenvalue weighted by molar-refractivity contribution is 5.58. The molecule has 0 radical (unpaired) electrons. The van der Waals surface area contributed by atoms with Gasteiger partial charge in [-0.25, -0.2) is 0 Å². The number of hydrogen-bond donors (Lipinski definition) is 1. The molecule has 76 valence electrons. The van der Waals surface area contributed by atoms with E-state index in [2.05, 4.69) is 10.2 Å². The zero-order valence-electron chi connectivity index (χ0n) is 8.51. The fourth-order valence-electron chi connectivity index (χ4n) is 1.33. The topological polar surface area (TPSA) is 46.0 Å². The third-order valence-corrected chi connectivity index (χ3v) is 2.23. The van der Waals surface area contributed by atoms with Crippen molar-refractivity contribution < 1.29 is 5.11 Å². The van der Waals surface area contributed by atoms with Gasteiger partial charge in [-0.2, -0.15) is 10.2 Å².